The molecular formula is C42H28BrN. The van der Waals surface area contributed by atoms with Crippen LogP contribution in [0.5, 0.6) is 0 Å². The second kappa shape index (κ2) is 11.1. The summed E-state index contributed by atoms with van der Waals surface area (Å²) in [5.41, 5.74) is 13.2. The molecule has 1 heterocycles. The molecule has 0 bridgehead atoms. The minimum Gasteiger partial charge on any atom is -0.309 e. The van der Waals surface area contributed by atoms with Crippen LogP contribution in [-0.4, -0.2) is 4.57 Å². The number of para-hydroxylation sites is 2. The van der Waals surface area contributed by atoms with Gasteiger partial charge >= 0.3 is 0 Å². The maximum atomic E-state index is 3.67. The van der Waals surface area contributed by atoms with E-state index < -0.39 is 0 Å². The molecule has 0 radical (unpaired) electrons. The summed E-state index contributed by atoms with van der Waals surface area (Å²) in [6.45, 7) is 0. The molecule has 0 spiro atoms. The maximum Gasteiger partial charge on any atom is 0.0547 e. The summed E-state index contributed by atoms with van der Waals surface area (Å²) in [5, 5.41) is 2.50. The smallest absolute Gasteiger partial charge is 0.0547 e. The van der Waals surface area contributed by atoms with Gasteiger partial charge in [0.2, 0.25) is 0 Å². The molecule has 0 amide bonds. The first-order valence-corrected chi connectivity index (χ1v) is 15.7. The number of hydrogen-bond acceptors (Lipinski definition) is 0. The molecule has 0 aliphatic carbocycles. The van der Waals surface area contributed by atoms with Crippen molar-refractivity contribution in [2.24, 2.45) is 0 Å². The summed E-state index contributed by atoms with van der Waals surface area (Å²) in [5.74, 6) is 0. The molecule has 0 N–H and O–H groups in total. The van der Waals surface area contributed by atoms with Gasteiger partial charge in [0.25, 0.3) is 0 Å². The Morgan fingerprint density at radius 3 is 1.64 bits per heavy atom. The second-order valence-corrected chi connectivity index (χ2v) is 12.0. The molecule has 1 aromatic heterocycles. The fraction of sp³-hybridized carbons (Fsp3) is 0. The molecule has 0 saturated heterocycles. The lowest BCUT2D eigenvalue weighted by Gasteiger charge is -2.17. The quantitative estimate of drug-likeness (QED) is 0.179. The lowest BCUT2D eigenvalue weighted by molar-refractivity contribution is 1.18. The summed E-state index contributed by atoms with van der Waals surface area (Å²) in [6, 6.07) is 61.2. The Hall–Kier alpha value is -5.18. The Kier molecular flexibility index (Phi) is 6.70. The Bertz CT molecular complexity index is 2290. The first-order valence-electron chi connectivity index (χ1n) is 14.9. The molecule has 0 unspecified atom stereocenters. The maximum absolute atomic E-state index is 3.67. The first kappa shape index (κ1) is 26.4. The van der Waals surface area contributed by atoms with Crippen molar-refractivity contribution >= 4 is 37.7 Å². The number of fused-ring (bicyclic) bond motifs is 3. The van der Waals surface area contributed by atoms with E-state index in [9.17, 15) is 0 Å². The van der Waals surface area contributed by atoms with Gasteiger partial charge in [-0.15, -0.1) is 0 Å². The van der Waals surface area contributed by atoms with E-state index in [0.29, 0.717) is 0 Å². The first-order chi connectivity index (χ1) is 21.8. The van der Waals surface area contributed by atoms with Crippen molar-refractivity contribution in [2.45, 2.75) is 0 Å². The van der Waals surface area contributed by atoms with E-state index >= 15 is 0 Å². The van der Waals surface area contributed by atoms with Crippen LogP contribution in [0.25, 0.3) is 72.0 Å². The van der Waals surface area contributed by atoms with Crippen LogP contribution < -0.4 is 0 Å². The van der Waals surface area contributed by atoms with Crippen molar-refractivity contribution in [2.75, 3.05) is 0 Å². The Balaban J connectivity index is 1.39. The zero-order valence-corrected chi connectivity index (χ0v) is 25.6. The Labute approximate surface area is 265 Å². The third-order valence-electron chi connectivity index (χ3n) is 8.49. The predicted molar refractivity (Wildman–Crippen MR) is 190 cm³/mol. The van der Waals surface area contributed by atoms with Gasteiger partial charge in [-0.05, 0) is 69.3 Å². The standard InChI is InChI=1S/C42H28BrN/c43-32-16-12-15-30(27-32)34-18-4-5-19-35(34)31-25-26-39-38-22-9-11-24-41(38)44(42(39)28-31)40-23-10-8-21-37(40)36-20-7-6-17-33(36)29-13-2-1-3-14-29/h1-28H. The molecule has 1 nitrogen and oxygen atoms in total. The molecule has 208 valence electrons. The van der Waals surface area contributed by atoms with Crippen molar-refractivity contribution in [1.82, 2.24) is 4.57 Å². The molecule has 8 rings (SSSR count). The van der Waals surface area contributed by atoms with Crippen molar-refractivity contribution in [3.8, 4) is 50.2 Å². The van der Waals surface area contributed by atoms with E-state index in [-0.39, 0.29) is 0 Å². The monoisotopic (exact) mass is 625 g/mol. The highest BCUT2D eigenvalue weighted by molar-refractivity contribution is 9.10. The Morgan fingerprint density at radius 2 is 0.886 bits per heavy atom. The lowest BCUT2D eigenvalue weighted by atomic mass is 9.93. The van der Waals surface area contributed by atoms with Crippen LogP contribution in [-0.2, 0) is 0 Å². The highest BCUT2D eigenvalue weighted by atomic mass is 79.9. The topological polar surface area (TPSA) is 4.93 Å². The van der Waals surface area contributed by atoms with Crippen molar-refractivity contribution in [1.29, 1.82) is 0 Å². The molecule has 2 heteroatoms. The molecular weight excluding hydrogens is 598 g/mol. The van der Waals surface area contributed by atoms with E-state index in [4.69, 9.17) is 0 Å². The molecule has 0 saturated carbocycles. The van der Waals surface area contributed by atoms with Crippen LogP contribution in [0.15, 0.2) is 174 Å². The normalized spacial score (nSPS) is 11.3. The summed E-state index contributed by atoms with van der Waals surface area (Å²) < 4.78 is 3.53. The summed E-state index contributed by atoms with van der Waals surface area (Å²) >= 11 is 3.67. The van der Waals surface area contributed by atoms with Crippen LogP contribution in [0.3, 0.4) is 0 Å². The summed E-state index contributed by atoms with van der Waals surface area (Å²) in [4.78, 5) is 0. The van der Waals surface area contributed by atoms with E-state index in [1.165, 1.54) is 72.0 Å². The van der Waals surface area contributed by atoms with Gasteiger partial charge in [0, 0.05) is 20.8 Å². The van der Waals surface area contributed by atoms with Crippen LogP contribution in [0.4, 0.5) is 0 Å². The van der Waals surface area contributed by atoms with Crippen molar-refractivity contribution in [3.63, 3.8) is 0 Å². The molecule has 0 fully saturated rings. The molecule has 0 aliphatic heterocycles. The highest BCUT2D eigenvalue weighted by Crippen LogP contribution is 2.41. The SMILES string of the molecule is Brc1cccc(-c2ccccc2-c2ccc3c4ccccc4n(-c4ccccc4-c4ccccc4-c4ccccc4)c3c2)c1. The highest BCUT2D eigenvalue weighted by Gasteiger charge is 2.18. The van der Waals surface area contributed by atoms with E-state index in [1.807, 2.05) is 0 Å². The van der Waals surface area contributed by atoms with Gasteiger partial charge in [-0.3, -0.25) is 0 Å². The number of nitrogens with zero attached hydrogens (tertiary/aromatic N) is 1. The van der Waals surface area contributed by atoms with Crippen LogP contribution in [0, 0.1) is 0 Å². The fourth-order valence-corrected chi connectivity index (χ4v) is 6.92. The molecule has 44 heavy (non-hydrogen) atoms. The number of aromatic nitrogens is 1. The average molecular weight is 627 g/mol. The molecule has 7 aromatic carbocycles. The van der Waals surface area contributed by atoms with E-state index in [0.717, 1.165) is 4.47 Å². The fourth-order valence-electron chi connectivity index (χ4n) is 6.52. The van der Waals surface area contributed by atoms with Crippen LogP contribution in [0.1, 0.15) is 0 Å². The van der Waals surface area contributed by atoms with Crippen molar-refractivity contribution in [3.05, 3.63) is 174 Å². The van der Waals surface area contributed by atoms with Gasteiger partial charge in [0.1, 0.15) is 0 Å². The van der Waals surface area contributed by atoms with Crippen LogP contribution in [0.2, 0.25) is 0 Å². The largest absolute Gasteiger partial charge is 0.309 e. The number of rotatable bonds is 5. The molecule has 8 aromatic rings. The van der Waals surface area contributed by atoms with Gasteiger partial charge in [0.15, 0.2) is 0 Å². The zero-order chi connectivity index (χ0) is 29.5. The number of halogens is 1. The number of benzene rings is 7. The van der Waals surface area contributed by atoms with E-state index in [1.54, 1.807) is 0 Å². The van der Waals surface area contributed by atoms with E-state index in [2.05, 4.69) is 190 Å². The van der Waals surface area contributed by atoms with Gasteiger partial charge < -0.3 is 4.57 Å². The number of hydrogen-bond donors (Lipinski definition) is 0. The lowest BCUT2D eigenvalue weighted by Crippen LogP contribution is -1.98. The average Bonchev–Trinajstić information content (AvgIpc) is 3.42. The second-order valence-electron chi connectivity index (χ2n) is 11.1. The van der Waals surface area contributed by atoms with Crippen molar-refractivity contribution < 1.29 is 0 Å². The van der Waals surface area contributed by atoms with Gasteiger partial charge in [-0.25, -0.2) is 0 Å². The van der Waals surface area contributed by atoms with Gasteiger partial charge in [0.05, 0.1) is 16.7 Å². The summed E-state index contributed by atoms with van der Waals surface area (Å²) in [6.07, 6.45) is 0. The minimum absolute atomic E-state index is 1.08. The predicted octanol–water partition coefficient (Wildman–Crippen LogP) is 12.2. The molecule has 0 aliphatic rings. The minimum atomic E-state index is 1.08. The van der Waals surface area contributed by atoms with Gasteiger partial charge in [-0.1, -0.05) is 155 Å². The third-order valence-corrected chi connectivity index (χ3v) is 8.99. The van der Waals surface area contributed by atoms with Gasteiger partial charge in [-0.2, -0.15) is 0 Å². The summed E-state index contributed by atoms with van der Waals surface area (Å²) in [7, 11) is 0. The Morgan fingerprint density at radius 1 is 0.341 bits per heavy atom. The van der Waals surface area contributed by atoms with Crippen LogP contribution >= 0.6 is 15.9 Å². The third kappa shape index (κ3) is 4.56. The molecule has 0 atom stereocenters. The zero-order valence-electron chi connectivity index (χ0n) is 24.0.